The monoisotopic (exact) mass is 300 g/mol. The van der Waals surface area contributed by atoms with Gasteiger partial charge >= 0.3 is 0 Å². The van der Waals surface area contributed by atoms with Crippen LogP contribution < -0.4 is 5.73 Å². The van der Waals surface area contributed by atoms with Gasteiger partial charge in [0.15, 0.2) is 0 Å². The Labute approximate surface area is 108 Å². The number of likely N-dealkylation sites (tertiary alicyclic amines) is 1. The molecule has 0 bridgehead atoms. The van der Waals surface area contributed by atoms with Crippen LogP contribution in [0.4, 0.5) is 4.39 Å². The lowest BCUT2D eigenvalue weighted by Gasteiger charge is -2.18. The average molecular weight is 301 g/mol. The molecule has 0 aromatic heterocycles. The zero-order chi connectivity index (χ0) is 12.5. The van der Waals surface area contributed by atoms with Crippen molar-refractivity contribution in [3.8, 4) is 0 Å². The Kier molecular flexibility index (Phi) is 3.49. The van der Waals surface area contributed by atoms with Gasteiger partial charge in [0.25, 0.3) is 5.91 Å². The topological polar surface area (TPSA) is 46.3 Å². The van der Waals surface area contributed by atoms with Gasteiger partial charge in [-0.25, -0.2) is 4.39 Å². The summed E-state index contributed by atoms with van der Waals surface area (Å²) >= 11 is 3.45. The normalized spacial score (nSPS) is 25.1. The van der Waals surface area contributed by atoms with Crippen molar-refractivity contribution < 1.29 is 9.18 Å². The van der Waals surface area contributed by atoms with Crippen molar-refractivity contribution in [1.82, 2.24) is 4.90 Å². The van der Waals surface area contributed by atoms with E-state index in [4.69, 9.17) is 5.73 Å². The van der Waals surface area contributed by atoms with E-state index in [1.165, 1.54) is 0 Å². The molecule has 17 heavy (non-hydrogen) atoms. The molecular weight excluding hydrogens is 287 g/mol. The van der Waals surface area contributed by atoms with Gasteiger partial charge in [0.05, 0.1) is 0 Å². The molecule has 1 amide bonds. The number of alkyl halides is 1. The van der Waals surface area contributed by atoms with Crippen LogP contribution >= 0.6 is 15.9 Å². The molecule has 1 aliphatic rings. The lowest BCUT2D eigenvalue weighted by molar-refractivity contribution is -0.128. The third-order valence-electron chi connectivity index (χ3n) is 3.09. The van der Waals surface area contributed by atoms with Gasteiger partial charge in [-0.2, -0.15) is 0 Å². The standard InChI is InChI=1S/C12H14BrFN2O/c13-10-4-2-1-3-9(10)7-16-6-5-12(14,8-16)11(15)17/h1-4H,5-8H2,(H2,15,17). The van der Waals surface area contributed by atoms with Gasteiger partial charge in [-0.05, 0) is 11.6 Å². The molecule has 1 unspecified atom stereocenters. The molecular formula is C12H14BrFN2O. The number of carbonyl (C=O) groups excluding carboxylic acids is 1. The molecule has 0 spiro atoms. The van der Waals surface area contributed by atoms with Gasteiger partial charge in [-0.3, -0.25) is 9.69 Å². The number of nitrogens with zero attached hydrogens (tertiary/aromatic N) is 1. The molecule has 92 valence electrons. The van der Waals surface area contributed by atoms with Crippen molar-refractivity contribution in [3.63, 3.8) is 0 Å². The summed E-state index contributed by atoms with van der Waals surface area (Å²) in [5.74, 6) is -0.855. The number of hydrogen-bond acceptors (Lipinski definition) is 2. The van der Waals surface area contributed by atoms with E-state index in [9.17, 15) is 9.18 Å². The van der Waals surface area contributed by atoms with Crippen LogP contribution in [0.25, 0.3) is 0 Å². The van der Waals surface area contributed by atoms with E-state index in [0.29, 0.717) is 13.1 Å². The Bertz CT molecular complexity index is 440. The Morgan fingerprint density at radius 3 is 2.82 bits per heavy atom. The smallest absolute Gasteiger partial charge is 0.256 e. The van der Waals surface area contributed by atoms with E-state index in [1.54, 1.807) is 0 Å². The summed E-state index contributed by atoms with van der Waals surface area (Å²) in [6.45, 7) is 1.27. The van der Waals surface area contributed by atoms with Gasteiger partial charge in [0.1, 0.15) is 0 Å². The first-order chi connectivity index (χ1) is 8.01. The largest absolute Gasteiger partial charge is 0.367 e. The van der Waals surface area contributed by atoms with Crippen molar-refractivity contribution in [3.05, 3.63) is 34.3 Å². The quantitative estimate of drug-likeness (QED) is 0.926. The van der Waals surface area contributed by atoms with Gasteiger partial charge in [0.2, 0.25) is 5.67 Å². The van der Waals surface area contributed by atoms with Gasteiger partial charge in [-0.1, -0.05) is 34.1 Å². The highest BCUT2D eigenvalue weighted by Crippen LogP contribution is 2.27. The summed E-state index contributed by atoms with van der Waals surface area (Å²) in [6.07, 6.45) is 0.187. The fourth-order valence-corrected chi connectivity index (χ4v) is 2.46. The summed E-state index contributed by atoms with van der Waals surface area (Å²) in [6, 6.07) is 7.79. The van der Waals surface area contributed by atoms with Crippen LogP contribution in [-0.2, 0) is 11.3 Å². The van der Waals surface area contributed by atoms with Crippen LogP contribution in [0.2, 0.25) is 0 Å². The highest BCUT2D eigenvalue weighted by molar-refractivity contribution is 9.10. The van der Waals surface area contributed by atoms with Crippen LogP contribution in [0.5, 0.6) is 0 Å². The summed E-state index contributed by atoms with van der Waals surface area (Å²) in [7, 11) is 0. The van der Waals surface area contributed by atoms with Crippen molar-refractivity contribution in [1.29, 1.82) is 0 Å². The maximum atomic E-state index is 14.0. The second kappa shape index (κ2) is 4.74. The number of nitrogens with two attached hydrogens (primary N) is 1. The molecule has 1 heterocycles. The summed E-state index contributed by atoms with van der Waals surface area (Å²) in [5, 5.41) is 0. The number of rotatable bonds is 3. The van der Waals surface area contributed by atoms with E-state index in [1.807, 2.05) is 29.2 Å². The van der Waals surface area contributed by atoms with E-state index in [0.717, 1.165) is 10.0 Å². The second-order valence-corrected chi connectivity index (χ2v) is 5.24. The van der Waals surface area contributed by atoms with Crippen LogP contribution in [0, 0.1) is 0 Å². The minimum Gasteiger partial charge on any atom is -0.367 e. The third kappa shape index (κ3) is 2.66. The number of primary amides is 1. The molecule has 5 heteroatoms. The van der Waals surface area contributed by atoms with E-state index < -0.39 is 11.6 Å². The minimum absolute atomic E-state index is 0.0870. The SMILES string of the molecule is NC(=O)C1(F)CCN(Cc2ccccc2Br)C1. The molecule has 1 atom stereocenters. The first kappa shape index (κ1) is 12.5. The number of benzene rings is 1. The first-order valence-electron chi connectivity index (χ1n) is 5.46. The maximum absolute atomic E-state index is 14.0. The summed E-state index contributed by atoms with van der Waals surface area (Å²) in [4.78, 5) is 12.9. The van der Waals surface area contributed by atoms with Crippen molar-refractivity contribution in [2.75, 3.05) is 13.1 Å². The molecule has 1 saturated heterocycles. The average Bonchev–Trinajstić information content (AvgIpc) is 2.65. The highest BCUT2D eigenvalue weighted by Gasteiger charge is 2.43. The number of carbonyl (C=O) groups is 1. The molecule has 1 fully saturated rings. The van der Waals surface area contributed by atoms with Crippen LogP contribution in [0.15, 0.2) is 28.7 Å². The molecule has 1 aromatic rings. The molecule has 2 N–H and O–H groups in total. The minimum atomic E-state index is -1.86. The fraction of sp³-hybridized carbons (Fsp3) is 0.417. The van der Waals surface area contributed by atoms with Crippen molar-refractivity contribution in [2.45, 2.75) is 18.6 Å². The zero-order valence-corrected chi connectivity index (χ0v) is 10.9. The second-order valence-electron chi connectivity index (χ2n) is 4.38. The molecule has 0 aliphatic carbocycles. The molecule has 3 nitrogen and oxygen atoms in total. The zero-order valence-electron chi connectivity index (χ0n) is 9.33. The van der Waals surface area contributed by atoms with E-state index >= 15 is 0 Å². The van der Waals surface area contributed by atoms with Gasteiger partial charge < -0.3 is 5.73 Å². The summed E-state index contributed by atoms with van der Waals surface area (Å²) in [5.41, 5.74) is 4.29. The molecule has 1 aliphatic heterocycles. The molecule has 2 rings (SSSR count). The first-order valence-corrected chi connectivity index (χ1v) is 6.25. The number of amides is 1. The Hall–Kier alpha value is -0.940. The Morgan fingerprint density at radius 1 is 1.53 bits per heavy atom. The number of halogens is 2. The highest BCUT2D eigenvalue weighted by atomic mass is 79.9. The molecule has 1 aromatic carbocycles. The van der Waals surface area contributed by atoms with Gasteiger partial charge in [-0.15, -0.1) is 0 Å². The lowest BCUT2D eigenvalue weighted by atomic mass is 10.1. The van der Waals surface area contributed by atoms with Crippen LogP contribution in [0.1, 0.15) is 12.0 Å². The molecule has 0 radical (unpaired) electrons. The predicted octanol–water partition coefficient (Wildman–Crippen LogP) is 1.85. The van der Waals surface area contributed by atoms with Crippen LogP contribution in [-0.4, -0.2) is 29.6 Å². The van der Waals surface area contributed by atoms with E-state index in [2.05, 4.69) is 15.9 Å². The third-order valence-corrected chi connectivity index (χ3v) is 3.87. The van der Waals surface area contributed by atoms with Gasteiger partial charge in [0, 0.05) is 30.5 Å². The van der Waals surface area contributed by atoms with Crippen molar-refractivity contribution >= 4 is 21.8 Å². The Balaban J connectivity index is 2.04. The van der Waals surface area contributed by atoms with E-state index in [-0.39, 0.29) is 13.0 Å². The lowest BCUT2D eigenvalue weighted by Crippen LogP contribution is -2.42. The maximum Gasteiger partial charge on any atom is 0.256 e. The fourth-order valence-electron chi connectivity index (χ4n) is 2.05. The number of hydrogen-bond donors (Lipinski definition) is 1. The molecule has 0 saturated carbocycles. The van der Waals surface area contributed by atoms with Crippen LogP contribution in [0.3, 0.4) is 0 Å². The summed E-state index contributed by atoms with van der Waals surface area (Å²) < 4.78 is 15.0. The Morgan fingerprint density at radius 2 is 2.24 bits per heavy atom. The predicted molar refractivity (Wildman–Crippen MR) is 67.1 cm³/mol. The van der Waals surface area contributed by atoms with Crippen molar-refractivity contribution in [2.24, 2.45) is 5.73 Å².